The van der Waals surface area contributed by atoms with Crippen molar-refractivity contribution in [1.82, 2.24) is 0 Å². The van der Waals surface area contributed by atoms with Crippen LogP contribution in [0.2, 0.25) is 0 Å². The van der Waals surface area contributed by atoms with Gasteiger partial charge >= 0.3 is 5.97 Å². The Hall–Kier alpha value is -3.09. The van der Waals surface area contributed by atoms with Gasteiger partial charge < -0.3 is 19.5 Å². The van der Waals surface area contributed by atoms with Crippen LogP contribution in [0.15, 0.2) is 42.5 Å². The van der Waals surface area contributed by atoms with Gasteiger partial charge in [0.15, 0.2) is 11.5 Å². The smallest absolute Gasteiger partial charge is 0.337 e. The Morgan fingerprint density at radius 1 is 1.21 bits per heavy atom. The molecule has 124 valence electrons. The van der Waals surface area contributed by atoms with Gasteiger partial charge in [-0.1, -0.05) is 12.1 Å². The van der Waals surface area contributed by atoms with E-state index in [-0.39, 0.29) is 17.9 Å². The van der Waals surface area contributed by atoms with E-state index in [1.54, 1.807) is 24.3 Å². The maximum absolute atomic E-state index is 13.9. The first-order chi connectivity index (χ1) is 11.6. The molecular weight excluding hydrogens is 317 g/mol. The van der Waals surface area contributed by atoms with Gasteiger partial charge in [-0.2, -0.15) is 0 Å². The summed E-state index contributed by atoms with van der Waals surface area (Å²) in [6.07, 6.45) is -0.930. The predicted octanol–water partition coefficient (Wildman–Crippen LogP) is 2.39. The minimum absolute atomic E-state index is 0.00115. The van der Waals surface area contributed by atoms with Crippen LogP contribution >= 0.6 is 0 Å². The molecule has 1 atom stereocenters. The Morgan fingerprint density at radius 3 is 2.71 bits per heavy atom. The summed E-state index contributed by atoms with van der Waals surface area (Å²) in [5.74, 6) is -0.900. The number of hydrogen-bond acceptors (Lipinski definition) is 5. The molecule has 0 aliphatic carbocycles. The van der Waals surface area contributed by atoms with Gasteiger partial charge in [0.2, 0.25) is 6.10 Å². The number of methoxy groups -OCH3 is 1. The van der Waals surface area contributed by atoms with Crippen molar-refractivity contribution in [2.75, 3.05) is 19.0 Å². The summed E-state index contributed by atoms with van der Waals surface area (Å²) in [5.41, 5.74) is -0.00860. The zero-order chi connectivity index (χ0) is 17.1. The summed E-state index contributed by atoms with van der Waals surface area (Å²) in [7, 11) is 1.22. The van der Waals surface area contributed by atoms with Crippen molar-refractivity contribution < 1.29 is 28.2 Å². The topological polar surface area (TPSA) is 73.9 Å². The minimum Gasteiger partial charge on any atom is -0.485 e. The van der Waals surface area contributed by atoms with Gasteiger partial charge in [0.1, 0.15) is 12.4 Å². The molecule has 0 fully saturated rings. The summed E-state index contributed by atoms with van der Waals surface area (Å²) in [6.45, 7) is 0.00115. The summed E-state index contributed by atoms with van der Waals surface area (Å²) in [5, 5.41) is 2.40. The number of ether oxygens (including phenoxy) is 3. The molecule has 1 N–H and O–H groups in total. The maximum Gasteiger partial charge on any atom is 0.337 e. The lowest BCUT2D eigenvalue weighted by atomic mass is 10.2. The van der Waals surface area contributed by atoms with E-state index < -0.39 is 23.8 Å². The molecule has 6 nitrogen and oxygen atoms in total. The Morgan fingerprint density at radius 2 is 1.96 bits per heavy atom. The summed E-state index contributed by atoms with van der Waals surface area (Å²) in [4.78, 5) is 23.8. The van der Waals surface area contributed by atoms with E-state index in [1.807, 2.05) is 0 Å². The molecule has 0 spiro atoms. The molecule has 3 rings (SSSR count). The Balaban J connectivity index is 1.75. The molecule has 7 heteroatoms. The molecule has 2 aromatic carbocycles. The first-order valence-corrected chi connectivity index (χ1v) is 7.15. The summed E-state index contributed by atoms with van der Waals surface area (Å²) in [6, 6.07) is 10.5. The van der Waals surface area contributed by atoms with Crippen LogP contribution < -0.4 is 14.8 Å². The summed E-state index contributed by atoms with van der Waals surface area (Å²) < 4.78 is 29.4. The summed E-state index contributed by atoms with van der Waals surface area (Å²) >= 11 is 0. The number of para-hydroxylation sites is 2. The van der Waals surface area contributed by atoms with Gasteiger partial charge in [0.25, 0.3) is 5.91 Å². The molecule has 2 aromatic rings. The average Bonchev–Trinajstić information content (AvgIpc) is 2.62. The fraction of sp³-hybridized carbons (Fsp3) is 0.176. The number of amides is 1. The molecule has 1 heterocycles. The van der Waals surface area contributed by atoms with Crippen LogP contribution in [0.4, 0.5) is 10.1 Å². The molecule has 0 bridgehead atoms. The highest BCUT2D eigenvalue weighted by molar-refractivity contribution is 5.97. The van der Waals surface area contributed by atoms with Crippen molar-refractivity contribution in [3.8, 4) is 11.5 Å². The number of anilines is 1. The standard InChI is InChI=1S/C17H14FNO5/c1-22-17(21)10-6-7-11(18)12(8-10)19-16(20)15-9-23-13-4-2-3-5-14(13)24-15/h2-8,15H,9H2,1H3,(H,19,20)/t15-/m1/s1. The average molecular weight is 331 g/mol. The van der Waals surface area contributed by atoms with E-state index in [0.29, 0.717) is 11.5 Å². The Kier molecular flexibility index (Phi) is 4.33. The van der Waals surface area contributed by atoms with Gasteiger partial charge in [0.05, 0.1) is 18.4 Å². The highest BCUT2D eigenvalue weighted by Crippen LogP contribution is 2.31. The van der Waals surface area contributed by atoms with Crippen molar-refractivity contribution in [1.29, 1.82) is 0 Å². The lowest BCUT2D eigenvalue weighted by molar-refractivity contribution is -0.125. The van der Waals surface area contributed by atoms with Crippen molar-refractivity contribution >= 4 is 17.6 Å². The van der Waals surface area contributed by atoms with Crippen LogP contribution in [0, 0.1) is 5.82 Å². The van der Waals surface area contributed by atoms with Crippen LogP contribution in [0.5, 0.6) is 11.5 Å². The molecule has 1 aliphatic rings. The number of halogens is 1. The molecular formula is C17H14FNO5. The van der Waals surface area contributed by atoms with Crippen molar-refractivity contribution in [2.24, 2.45) is 0 Å². The highest BCUT2D eigenvalue weighted by Gasteiger charge is 2.28. The second-order valence-electron chi connectivity index (χ2n) is 5.04. The first-order valence-electron chi connectivity index (χ1n) is 7.15. The van der Waals surface area contributed by atoms with E-state index in [9.17, 15) is 14.0 Å². The predicted molar refractivity (Wildman–Crippen MR) is 82.7 cm³/mol. The number of carbonyl (C=O) groups is 2. The van der Waals surface area contributed by atoms with Crippen LogP contribution in [0.1, 0.15) is 10.4 Å². The molecule has 24 heavy (non-hydrogen) atoms. The fourth-order valence-corrected chi connectivity index (χ4v) is 2.23. The number of fused-ring (bicyclic) bond motifs is 1. The third-order valence-electron chi connectivity index (χ3n) is 3.45. The van der Waals surface area contributed by atoms with Crippen LogP contribution in [0.3, 0.4) is 0 Å². The zero-order valence-electron chi connectivity index (χ0n) is 12.7. The quantitative estimate of drug-likeness (QED) is 0.874. The second kappa shape index (κ2) is 6.57. The molecule has 0 radical (unpaired) electrons. The van der Waals surface area contributed by atoms with E-state index in [0.717, 1.165) is 6.07 Å². The SMILES string of the molecule is COC(=O)c1ccc(F)c(NC(=O)[C@H]2COc3ccccc3O2)c1. The Labute approximate surface area is 137 Å². The third-order valence-corrected chi connectivity index (χ3v) is 3.45. The van der Waals surface area contributed by atoms with Crippen molar-refractivity contribution in [3.05, 3.63) is 53.8 Å². The van der Waals surface area contributed by atoms with Gasteiger partial charge in [-0.05, 0) is 30.3 Å². The molecule has 0 aromatic heterocycles. The molecule has 0 saturated heterocycles. The van der Waals surface area contributed by atoms with E-state index in [4.69, 9.17) is 9.47 Å². The number of esters is 1. The van der Waals surface area contributed by atoms with Gasteiger partial charge in [-0.3, -0.25) is 4.79 Å². The van der Waals surface area contributed by atoms with Crippen molar-refractivity contribution in [3.63, 3.8) is 0 Å². The highest BCUT2D eigenvalue weighted by atomic mass is 19.1. The fourth-order valence-electron chi connectivity index (χ4n) is 2.23. The number of hydrogen-bond donors (Lipinski definition) is 1. The number of rotatable bonds is 3. The second-order valence-corrected chi connectivity index (χ2v) is 5.04. The zero-order valence-corrected chi connectivity index (χ0v) is 12.7. The molecule has 1 amide bonds. The monoisotopic (exact) mass is 331 g/mol. The van der Waals surface area contributed by atoms with Crippen LogP contribution in [-0.4, -0.2) is 31.7 Å². The van der Waals surface area contributed by atoms with Gasteiger partial charge in [0, 0.05) is 0 Å². The number of nitrogens with one attached hydrogen (secondary N) is 1. The normalized spacial score (nSPS) is 15.5. The van der Waals surface area contributed by atoms with E-state index in [1.165, 1.54) is 19.2 Å². The first kappa shape index (κ1) is 15.8. The third kappa shape index (κ3) is 3.15. The van der Waals surface area contributed by atoms with Crippen LogP contribution in [0.25, 0.3) is 0 Å². The molecule has 0 unspecified atom stereocenters. The van der Waals surface area contributed by atoms with Crippen LogP contribution in [-0.2, 0) is 9.53 Å². The Bertz CT molecular complexity index is 792. The maximum atomic E-state index is 13.9. The number of carbonyl (C=O) groups excluding carboxylic acids is 2. The van der Waals surface area contributed by atoms with E-state index in [2.05, 4.69) is 10.1 Å². The largest absolute Gasteiger partial charge is 0.485 e. The minimum atomic E-state index is -0.930. The van der Waals surface area contributed by atoms with Gasteiger partial charge in [-0.15, -0.1) is 0 Å². The van der Waals surface area contributed by atoms with Crippen molar-refractivity contribution in [2.45, 2.75) is 6.10 Å². The lowest BCUT2D eigenvalue weighted by Gasteiger charge is -2.25. The lowest BCUT2D eigenvalue weighted by Crippen LogP contribution is -2.40. The molecule has 1 aliphatic heterocycles. The number of benzene rings is 2. The van der Waals surface area contributed by atoms with E-state index >= 15 is 0 Å². The molecule has 0 saturated carbocycles. The van der Waals surface area contributed by atoms with Gasteiger partial charge in [-0.25, -0.2) is 9.18 Å².